The zero-order valence-corrected chi connectivity index (χ0v) is 22.9. The Morgan fingerprint density at radius 1 is 0.788 bits per heavy atom. The Bertz CT molecular complexity index is 603. The first kappa shape index (κ1) is 31.7. The van der Waals surface area contributed by atoms with Gasteiger partial charge in [-0.15, -0.1) is 0 Å². The Balaban J connectivity index is 0.00000158. The number of hydrogen-bond acceptors (Lipinski definition) is 2. The van der Waals surface area contributed by atoms with Gasteiger partial charge in [-0.3, -0.25) is 0 Å². The van der Waals surface area contributed by atoms with Gasteiger partial charge < -0.3 is 9.84 Å². The Morgan fingerprint density at radius 3 is 1.73 bits per heavy atom. The molecule has 0 spiro atoms. The summed E-state index contributed by atoms with van der Waals surface area (Å²) in [7, 11) is 0. The third-order valence-corrected chi connectivity index (χ3v) is 6.68. The Hall–Kier alpha value is -1.32. The predicted molar refractivity (Wildman–Crippen MR) is 138 cm³/mol. The third-order valence-electron chi connectivity index (χ3n) is 6.68. The first-order chi connectivity index (χ1) is 15.6. The monoisotopic (exact) mass is 470 g/mol. The predicted octanol–water partition coefficient (Wildman–Crippen LogP) is 10.2. The van der Waals surface area contributed by atoms with E-state index in [2.05, 4.69) is 6.92 Å². The lowest BCUT2D eigenvalue weighted by molar-refractivity contribution is -0.254. The van der Waals surface area contributed by atoms with E-state index in [-0.39, 0.29) is 11.5 Å². The molecule has 0 radical (unpaired) electrons. The van der Waals surface area contributed by atoms with E-state index in [1.165, 1.54) is 37.8 Å². The van der Waals surface area contributed by atoms with Gasteiger partial charge in [0.2, 0.25) is 0 Å². The molecule has 4 heteroatoms. The van der Waals surface area contributed by atoms with Crippen molar-refractivity contribution in [2.45, 2.75) is 120 Å². The molecule has 0 heterocycles. The minimum Gasteiger partial charge on any atom is -0.508 e. The van der Waals surface area contributed by atoms with Crippen molar-refractivity contribution in [3.8, 4) is 0 Å². The lowest BCUT2D eigenvalue weighted by Gasteiger charge is -2.39. The van der Waals surface area contributed by atoms with Crippen molar-refractivity contribution in [1.29, 1.82) is 0 Å². The number of ether oxygens (including phenoxy) is 1. The first-order valence-electron chi connectivity index (χ1n) is 13.5. The second kappa shape index (κ2) is 15.6. The fourth-order valence-electron chi connectivity index (χ4n) is 5.04. The standard InChI is InChI=1S/C23H34F2O2.3C2H6/c1-16-4-6-17(7-5-16)18-8-10-19(11-9-18)23(24,25)27-21-13-12-20(26)14-22(2,3)15-21;3*1-2/h12-19,26H,4-11H2,1-3H3;3*1-2H3. The van der Waals surface area contributed by atoms with Gasteiger partial charge in [0.1, 0.15) is 11.5 Å². The van der Waals surface area contributed by atoms with Crippen LogP contribution in [-0.4, -0.2) is 11.2 Å². The van der Waals surface area contributed by atoms with Crippen LogP contribution in [0, 0.1) is 29.1 Å². The van der Waals surface area contributed by atoms with E-state index in [4.69, 9.17) is 4.74 Å². The van der Waals surface area contributed by atoms with Crippen molar-refractivity contribution in [3.63, 3.8) is 0 Å². The SMILES string of the molecule is CC.CC.CC.CC1CCC(C2CCC(C(F)(F)OC3=CC(C)(C)C=C(O)C=C3)CC2)CC1. The second-order valence-corrected chi connectivity index (χ2v) is 9.57. The van der Waals surface area contributed by atoms with Crippen LogP contribution in [-0.2, 0) is 4.74 Å². The molecule has 0 unspecified atom stereocenters. The minimum atomic E-state index is -3.17. The average Bonchev–Trinajstić information content (AvgIpc) is 2.94. The highest BCUT2D eigenvalue weighted by Gasteiger charge is 2.45. The Kier molecular flexibility index (Phi) is 14.9. The maximum absolute atomic E-state index is 14.8. The molecular weight excluding hydrogens is 418 g/mol. The van der Waals surface area contributed by atoms with E-state index in [1.807, 2.05) is 55.4 Å². The first-order valence-corrected chi connectivity index (χ1v) is 13.5. The van der Waals surface area contributed by atoms with Crippen molar-refractivity contribution in [3.05, 3.63) is 35.8 Å². The van der Waals surface area contributed by atoms with E-state index < -0.39 is 17.4 Å². The molecule has 0 aromatic carbocycles. The molecule has 0 saturated heterocycles. The quantitative estimate of drug-likeness (QED) is 0.443. The van der Waals surface area contributed by atoms with Gasteiger partial charge in [0.15, 0.2) is 0 Å². The van der Waals surface area contributed by atoms with Crippen molar-refractivity contribution in [2.24, 2.45) is 29.1 Å². The van der Waals surface area contributed by atoms with Gasteiger partial charge in [0, 0.05) is 5.41 Å². The van der Waals surface area contributed by atoms with Crippen molar-refractivity contribution >= 4 is 0 Å². The van der Waals surface area contributed by atoms with Gasteiger partial charge in [0.05, 0.1) is 5.92 Å². The van der Waals surface area contributed by atoms with Crippen molar-refractivity contribution in [1.82, 2.24) is 0 Å². The van der Waals surface area contributed by atoms with Gasteiger partial charge in [-0.25, -0.2) is 0 Å². The number of allylic oxidation sites excluding steroid dienone is 4. The molecule has 0 bridgehead atoms. The third kappa shape index (κ3) is 10.6. The van der Waals surface area contributed by atoms with E-state index in [0.29, 0.717) is 18.8 Å². The van der Waals surface area contributed by atoms with Crippen LogP contribution in [0.5, 0.6) is 0 Å². The van der Waals surface area contributed by atoms with Crippen LogP contribution in [0.25, 0.3) is 0 Å². The molecule has 3 aliphatic carbocycles. The lowest BCUT2D eigenvalue weighted by Crippen LogP contribution is -2.36. The summed E-state index contributed by atoms with van der Waals surface area (Å²) in [5.74, 6) is 1.66. The summed E-state index contributed by atoms with van der Waals surface area (Å²) < 4.78 is 34.8. The molecule has 0 aliphatic heterocycles. The van der Waals surface area contributed by atoms with Crippen molar-refractivity contribution in [2.75, 3.05) is 0 Å². The number of alkyl halides is 2. The number of aliphatic hydroxyl groups excluding tert-OH is 1. The van der Waals surface area contributed by atoms with Crippen LogP contribution in [0.15, 0.2) is 35.8 Å². The summed E-state index contributed by atoms with van der Waals surface area (Å²) in [5.41, 5.74) is -0.533. The molecule has 2 nitrogen and oxygen atoms in total. The molecule has 3 rings (SSSR count). The summed E-state index contributed by atoms with van der Waals surface area (Å²) in [6.45, 7) is 18.0. The topological polar surface area (TPSA) is 29.5 Å². The fourth-order valence-corrected chi connectivity index (χ4v) is 5.04. The van der Waals surface area contributed by atoms with Gasteiger partial charge in [-0.05, 0) is 80.6 Å². The summed E-state index contributed by atoms with van der Waals surface area (Å²) in [6, 6.07) is 0. The molecule has 0 atom stereocenters. The number of hydrogen-bond donors (Lipinski definition) is 1. The highest BCUT2D eigenvalue weighted by molar-refractivity contribution is 5.30. The summed E-state index contributed by atoms with van der Waals surface area (Å²) in [4.78, 5) is 0. The highest BCUT2D eigenvalue weighted by Crippen LogP contribution is 2.46. The van der Waals surface area contributed by atoms with Crippen LogP contribution < -0.4 is 0 Å². The molecular formula is C29H52F2O2. The van der Waals surface area contributed by atoms with Crippen LogP contribution >= 0.6 is 0 Å². The molecule has 0 amide bonds. The fraction of sp³-hybridized carbons (Fsp3) is 0.793. The molecule has 33 heavy (non-hydrogen) atoms. The Labute approximate surface area is 203 Å². The molecule has 0 aromatic heterocycles. The zero-order valence-electron chi connectivity index (χ0n) is 22.9. The largest absolute Gasteiger partial charge is 0.508 e. The lowest BCUT2D eigenvalue weighted by atomic mass is 9.69. The molecule has 2 fully saturated rings. The van der Waals surface area contributed by atoms with Gasteiger partial charge in [-0.1, -0.05) is 75.2 Å². The van der Waals surface area contributed by atoms with Gasteiger partial charge in [-0.2, -0.15) is 8.78 Å². The molecule has 2 saturated carbocycles. The average molecular weight is 471 g/mol. The normalized spacial score (nSPS) is 28.7. The number of aliphatic hydroxyl groups is 1. The smallest absolute Gasteiger partial charge is 0.400 e. The van der Waals surface area contributed by atoms with E-state index >= 15 is 0 Å². The highest BCUT2D eigenvalue weighted by atomic mass is 19.3. The summed E-state index contributed by atoms with van der Waals surface area (Å²) in [5, 5.41) is 9.76. The van der Waals surface area contributed by atoms with E-state index in [0.717, 1.165) is 24.7 Å². The molecule has 194 valence electrons. The molecule has 0 aromatic rings. The Morgan fingerprint density at radius 2 is 1.24 bits per heavy atom. The van der Waals surface area contributed by atoms with Crippen LogP contribution in [0.2, 0.25) is 0 Å². The van der Waals surface area contributed by atoms with Crippen LogP contribution in [0.1, 0.15) is 114 Å². The summed E-state index contributed by atoms with van der Waals surface area (Å²) in [6.07, 6.45) is 10.9. The zero-order chi connectivity index (χ0) is 25.7. The molecule has 1 N–H and O–H groups in total. The summed E-state index contributed by atoms with van der Waals surface area (Å²) >= 11 is 0. The number of halogens is 2. The van der Waals surface area contributed by atoms with Gasteiger partial charge in [0.25, 0.3) is 0 Å². The van der Waals surface area contributed by atoms with E-state index in [1.54, 1.807) is 12.2 Å². The van der Waals surface area contributed by atoms with Crippen LogP contribution in [0.4, 0.5) is 8.78 Å². The molecule has 3 aliphatic rings. The van der Waals surface area contributed by atoms with Crippen molar-refractivity contribution < 1.29 is 18.6 Å². The number of rotatable bonds is 4. The van der Waals surface area contributed by atoms with E-state index in [9.17, 15) is 13.9 Å². The van der Waals surface area contributed by atoms with Gasteiger partial charge >= 0.3 is 6.11 Å². The maximum atomic E-state index is 14.8. The minimum absolute atomic E-state index is 0.0699. The maximum Gasteiger partial charge on any atom is 0.400 e. The van der Waals surface area contributed by atoms with Crippen LogP contribution in [0.3, 0.4) is 0 Å². The second-order valence-electron chi connectivity index (χ2n) is 9.57.